The molecule has 67 heavy (non-hydrogen) atoms. The molecule has 3 fully saturated rings. The zero-order chi connectivity index (χ0) is 48.1. The van der Waals surface area contributed by atoms with Gasteiger partial charge in [0, 0.05) is 66.8 Å². The Morgan fingerprint density at radius 1 is 0.970 bits per heavy atom. The Hall–Kier alpha value is -4.32. The number of amides is 1. The van der Waals surface area contributed by atoms with Crippen LogP contribution in [0.25, 0.3) is 0 Å². The van der Waals surface area contributed by atoms with Gasteiger partial charge in [0.2, 0.25) is 5.78 Å². The van der Waals surface area contributed by atoms with Crippen LogP contribution in [0.3, 0.4) is 0 Å². The zero-order valence-electron chi connectivity index (χ0n) is 38.0. The average Bonchev–Trinajstić information content (AvgIpc) is 3.61. The van der Waals surface area contributed by atoms with Crippen molar-refractivity contribution in [2.24, 2.45) is 23.0 Å². The molecule has 17 heteroatoms. The fourth-order valence-electron chi connectivity index (χ4n) is 12.1. The number of ether oxygens (including phenoxy) is 4. The van der Waals surface area contributed by atoms with E-state index >= 15 is 0 Å². The van der Waals surface area contributed by atoms with Crippen LogP contribution in [0.4, 0.5) is 4.79 Å². The van der Waals surface area contributed by atoms with Crippen LogP contribution in [0, 0.1) is 17.3 Å². The molecule has 10 atom stereocenters. The molecule has 1 aliphatic heterocycles. The molecule has 7 N–H and O–H groups in total. The number of carbonyl (C=O) groups is 4. The second-order valence-corrected chi connectivity index (χ2v) is 20.0. The van der Waals surface area contributed by atoms with Crippen LogP contribution in [0.1, 0.15) is 131 Å². The number of aryl methyl sites for hydroxylation is 1. The number of hydrogen-bond donors (Lipinski definition) is 6. The summed E-state index contributed by atoms with van der Waals surface area (Å²) in [5, 5.41) is 54.1. The number of carbonyl (C=O) groups excluding carboxylic acids is 4. The molecule has 362 valence electrons. The summed E-state index contributed by atoms with van der Waals surface area (Å²) < 4.78 is 22.8. The highest BCUT2D eigenvalue weighted by Crippen LogP contribution is 2.61. The summed E-state index contributed by atoms with van der Waals surface area (Å²) in [5.41, 5.74) is 5.60. The van der Waals surface area contributed by atoms with Gasteiger partial charge in [-0.3, -0.25) is 14.4 Å². The predicted molar refractivity (Wildman–Crippen MR) is 246 cm³/mol. The van der Waals surface area contributed by atoms with Crippen LogP contribution in [-0.4, -0.2) is 123 Å². The number of benzene rings is 3. The number of methoxy groups -OCH3 is 1. The summed E-state index contributed by atoms with van der Waals surface area (Å²) >= 11 is 11.6. The number of fused-ring (bicyclic) bond motifs is 8. The van der Waals surface area contributed by atoms with Gasteiger partial charge in [-0.25, -0.2) is 4.79 Å². The average molecular weight is 968 g/mol. The van der Waals surface area contributed by atoms with Crippen LogP contribution >= 0.6 is 23.2 Å². The van der Waals surface area contributed by atoms with Gasteiger partial charge in [0.15, 0.2) is 17.9 Å². The Morgan fingerprint density at radius 3 is 2.39 bits per heavy atom. The number of aliphatic hydroxyl groups excluding tert-OH is 2. The highest BCUT2D eigenvalue weighted by molar-refractivity contribution is 6.31. The third-order valence-corrected chi connectivity index (χ3v) is 15.7. The number of alkyl halides is 2. The first kappa shape index (κ1) is 49.1. The van der Waals surface area contributed by atoms with Gasteiger partial charge in [0.05, 0.1) is 42.1 Å². The van der Waals surface area contributed by atoms with Gasteiger partial charge in [0.1, 0.15) is 35.2 Å². The summed E-state index contributed by atoms with van der Waals surface area (Å²) in [6.07, 6.45) is 3.54. The van der Waals surface area contributed by atoms with Crippen molar-refractivity contribution in [2.45, 2.75) is 120 Å². The van der Waals surface area contributed by atoms with Crippen LogP contribution in [0.2, 0.25) is 0 Å². The second-order valence-electron chi connectivity index (χ2n) is 19.3. The molecule has 6 aliphatic rings. The van der Waals surface area contributed by atoms with E-state index in [1.807, 2.05) is 19.1 Å². The molecule has 3 aromatic carbocycles. The minimum atomic E-state index is -2.18. The van der Waals surface area contributed by atoms with Crippen molar-refractivity contribution in [2.75, 3.05) is 38.6 Å². The highest BCUT2D eigenvalue weighted by Gasteiger charge is 2.55. The quantitative estimate of drug-likeness (QED) is 0.0766. The standard InChI is InChI=1S/C27H29NO10.C23H31Cl2NO3/c1-11-6-12(28)7-18(37-11)38-16-9-27(35,17(30)10-29)8-14-20(16)26(34)22-21(24(14)32)23(31)13-4-3-5-15(36-2)19(13)25(22)33;1-23-9-8-18-17-5-3-16(29-22(28)26(12-10-24)13-11-25)14-15(17)2-4-19(18)20(23)6-7-21(23)27/h3-5,11-12,16,18,29,32,34-35H,6-10,28H2,1-2H3;3,5,14,18-21,27H,2,4,6-13H2,1H3/t11-,12+,16-,18-,27-;18-,19-,20+,21+,23+/m01/s1. The molecule has 0 aromatic heterocycles. The van der Waals surface area contributed by atoms with Crippen LogP contribution in [0.15, 0.2) is 36.4 Å². The van der Waals surface area contributed by atoms with Gasteiger partial charge in [-0.15, -0.1) is 23.2 Å². The molecule has 15 nitrogen and oxygen atoms in total. The van der Waals surface area contributed by atoms with E-state index < -0.39 is 83.5 Å². The molecular formula is C50H60Cl2N2O13. The lowest BCUT2D eigenvalue weighted by atomic mass is 9.55. The van der Waals surface area contributed by atoms with Gasteiger partial charge in [0.25, 0.3) is 0 Å². The van der Waals surface area contributed by atoms with Crippen molar-refractivity contribution < 1.29 is 63.7 Å². The van der Waals surface area contributed by atoms with Gasteiger partial charge < -0.3 is 55.1 Å². The van der Waals surface area contributed by atoms with Crippen molar-refractivity contribution in [1.29, 1.82) is 0 Å². The molecular weight excluding hydrogens is 907 g/mol. The number of hydrogen-bond acceptors (Lipinski definition) is 14. The molecule has 5 aliphatic carbocycles. The molecule has 9 rings (SSSR count). The number of phenols is 2. The Labute approximate surface area is 399 Å². The Balaban J connectivity index is 0.000000188. The van der Waals surface area contributed by atoms with E-state index in [-0.39, 0.29) is 58.1 Å². The van der Waals surface area contributed by atoms with E-state index in [2.05, 4.69) is 13.0 Å². The largest absolute Gasteiger partial charge is 0.507 e. The first-order chi connectivity index (χ1) is 32.0. The van der Waals surface area contributed by atoms with E-state index in [0.29, 0.717) is 54.8 Å². The number of nitrogens with zero attached hydrogens (tertiary/aromatic N) is 1. The van der Waals surface area contributed by atoms with E-state index in [9.17, 15) is 44.7 Å². The number of aromatic hydroxyl groups is 2. The Morgan fingerprint density at radius 2 is 1.70 bits per heavy atom. The normalized spacial score (nSPS) is 30.3. The molecule has 0 spiro atoms. The summed E-state index contributed by atoms with van der Waals surface area (Å²) in [6, 6.07) is 10.3. The van der Waals surface area contributed by atoms with Crippen molar-refractivity contribution in [3.63, 3.8) is 0 Å². The minimum Gasteiger partial charge on any atom is -0.507 e. The lowest BCUT2D eigenvalue weighted by Gasteiger charge is -2.50. The van der Waals surface area contributed by atoms with Crippen LogP contribution in [-0.2, 0) is 27.1 Å². The fraction of sp³-hybridized carbons (Fsp3) is 0.560. The molecule has 1 amide bonds. The van der Waals surface area contributed by atoms with Gasteiger partial charge >= 0.3 is 6.09 Å². The number of ketones is 3. The fourth-order valence-corrected chi connectivity index (χ4v) is 12.5. The Kier molecular flexibility index (Phi) is 14.4. The molecule has 0 bridgehead atoms. The van der Waals surface area contributed by atoms with Crippen molar-refractivity contribution >= 4 is 46.6 Å². The first-order valence-corrected chi connectivity index (χ1v) is 24.2. The summed E-state index contributed by atoms with van der Waals surface area (Å²) in [7, 11) is 1.34. The summed E-state index contributed by atoms with van der Waals surface area (Å²) in [6.45, 7) is 3.98. The third kappa shape index (κ3) is 8.95. The molecule has 0 unspecified atom stereocenters. The third-order valence-electron chi connectivity index (χ3n) is 15.4. The molecule has 1 saturated heterocycles. The molecule has 0 radical (unpaired) electrons. The number of nitrogens with two attached hydrogens (primary N) is 1. The maximum absolute atomic E-state index is 13.6. The van der Waals surface area contributed by atoms with Crippen molar-refractivity contribution in [3.05, 3.63) is 80.9 Å². The first-order valence-electron chi connectivity index (χ1n) is 23.2. The topological polar surface area (TPSA) is 236 Å². The Bertz CT molecular complexity index is 2420. The van der Waals surface area contributed by atoms with Crippen LogP contribution in [0.5, 0.6) is 23.0 Å². The number of halogens is 2. The van der Waals surface area contributed by atoms with Gasteiger partial charge in [-0.2, -0.15) is 0 Å². The number of phenolic OH excluding ortho intramolecular Hbond substituents is 2. The second kappa shape index (κ2) is 19.6. The number of aliphatic hydroxyl groups is 3. The minimum absolute atomic E-state index is 0.0274. The van der Waals surface area contributed by atoms with E-state index in [1.165, 1.54) is 36.4 Å². The maximum atomic E-state index is 13.6. The predicted octanol–water partition coefficient (Wildman–Crippen LogP) is 6.21. The highest BCUT2D eigenvalue weighted by atomic mass is 35.5. The lowest BCUT2D eigenvalue weighted by Crippen LogP contribution is -2.48. The van der Waals surface area contributed by atoms with E-state index in [1.54, 1.807) is 4.90 Å². The van der Waals surface area contributed by atoms with Crippen molar-refractivity contribution in [1.82, 2.24) is 4.90 Å². The zero-order valence-corrected chi connectivity index (χ0v) is 39.5. The molecule has 3 aromatic rings. The van der Waals surface area contributed by atoms with Crippen molar-refractivity contribution in [3.8, 4) is 23.0 Å². The number of Topliss-reactive ketones (excluding diaryl/α,β-unsaturated/α-hetero) is 1. The SMILES string of the molecule is COc1cccc2c1C(=O)c1c(O)c3c(c(O)c1C2=O)C[C@@](O)(C(=O)CO)C[C@@H]3O[C@H]1C[C@H](N)C[C@H](C)O1.C[C@]12CC[C@@H]3c4ccc(OC(=O)N(CCCl)CCCl)cc4CC[C@H]3[C@@H]1CC[C@@H]2O. The van der Waals surface area contributed by atoms with Crippen LogP contribution < -0.4 is 15.2 Å². The summed E-state index contributed by atoms with van der Waals surface area (Å²) in [4.78, 5) is 53.7. The number of rotatable bonds is 10. The molecule has 2 saturated carbocycles. The molecule has 1 heterocycles. The lowest BCUT2D eigenvalue weighted by molar-refractivity contribution is -0.225. The van der Waals surface area contributed by atoms with E-state index in [0.717, 1.165) is 38.5 Å². The maximum Gasteiger partial charge on any atom is 0.415 e. The summed E-state index contributed by atoms with van der Waals surface area (Å²) in [5.74, 6) is -0.394. The van der Waals surface area contributed by atoms with Gasteiger partial charge in [-0.05, 0) is 104 Å². The van der Waals surface area contributed by atoms with Gasteiger partial charge in [-0.1, -0.05) is 25.1 Å². The smallest absolute Gasteiger partial charge is 0.415 e. The van der Waals surface area contributed by atoms with E-state index in [4.69, 9.17) is 47.9 Å². The monoisotopic (exact) mass is 966 g/mol.